The summed E-state index contributed by atoms with van der Waals surface area (Å²) in [5.41, 5.74) is 3.83. The van der Waals surface area contributed by atoms with Gasteiger partial charge in [0, 0.05) is 11.5 Å². The summed E-state index contributed by atoms with van der Waals surface area (Å²) in [5, 5.41) is 0. The number of fused-ring (bicyclic) bond motifs is 1. The molecule has 0 spiro atoms. The highest BCUT2D eigenvalue weighted by molar-refractivity contribution is 6.00. The number of ether oxygens (including phenoxy) is 2. The Labute approximate surface area is 178 Å². The van der Waals surface area contributed by atoms with Crippen LogP contribution >= 0.6 is 0 Å². The van der Waals surface area contributed by atoms with Crippen molar-refractivity contribution in [1.82, 2.24) is 0 Å². The molecule has 154 valence electrons. The maximum atomic E-state index is 13.3. The van der Waals surface area contributed by atoms with E-state index in [0.717, 1.165) is 34.7 Å². The second-order valence-corrected chi connectivity index (χ2v) is 8.36. The summed E-state index contributed by atoms with van der Waals surface area (Å²) >= 11 is 0. The zero-order chi connectivity index (χ0) is 21.1. The number of hydrogen-bond acceptors (Lipinski definition) is 3. The number of rotatable bonds is 6. The van der Waals surface area contributed by atoms with E-state index in [1.165, 1.54) is 5.56 Å². The van der Waals surface area contributed by atoms with Crippen LogP contribution in [0.2, 0.25) is 0 Å². The monoisotopic (exact) mass is 401 g/mol. The van der Waals surface area contributed by atoms with Crippen molar-refractivity contribution in [2.75, 3.05) is 12.0 Å². The molecule has 1 aliphatic rings. The SMILES string of the molecule is COc1ccc(CN2C(=O)C(C)(C)Cc3ccc(OCc4ccccc4)cc32)cc1. The molecule has 0 aliphatic carbocycles. The van der Waals surface area contributed by atoms with Gasteiger partial charge >= 0.3 is 0 Å². The first-order chi connectivity index (χ1) is 14.5. The summed E-state index contributed by atoms with van der Waals surface area (Å²) < 4.78 is 11.3. The Morgan fingerprint density at radius 1 is 0.900 bits per heavy atom. The first-order valence-electron chi connectivity index (χ1n) is 10.2. The molecule has 1 aliphatic heterocycles. The summed E-state index contributed by atoms with van der Waals surface area (Å²) in [5.74, 6) is 1.71. The fourth-order valence-corrected chi connectivity index (χ4v) is 3.87. The molecule has 0 N–H and O–H groups in total. The number of carbonyl (C=O) groups excluding carboxylic acids is 1. The van der Waals surface area contributed by atoms with Crippen molar-refractivity contribution in [3.8, 4) is 11.5 Å². The molecule has 30 heavy (non-hydrogen) atoms. The minimum absolute atomic E-state index is 0.131. The van der Waals surface area contributed by atoms with Crippen LogP contribution in [-0.2, 0) is 24.4 Å². The van der Waals surface area contributed by atoms with E-state index >= 15 is 0 Å². The molecule has 0 saturated heterocycles. The molecule has 3 aromatic rings. The fraction of sp³-hybridized carbons (Fsp3) is 0.269. The van der Waals surface area contributed by atoms with Crippen LogP contribution in [0.1, 0.15) is 30.5 Å². The maximum absolute atomic E-state index is 13.3. The molecule has 3 aromatic carbocycles. The van der Waals surface area contributed by atoms with Crippen molar-refractivity contribution in [1.29, 1.82) is 0 Å². The first-order valence-corrected chi connectivity index (χ1v) is 10.2. The third-order valence-corrected chi connectivity index (χ3v) is 5.55. The van der Waals surface area contributed by atoms with Gasteiger partial charge in [0.05, 0.1) is 19.3 Å². The lowest BCUT2D eigenvalue weighted by Gasteiger charge is -2.39. The highest BCUT2D eigenvalue weighted by Crippen LogP contribution is 2.40. The van der Waals surface area contributed by atoms with Gasteiger partial charge in [-0.05, 0) is 41.3 Å². The number of carbonyl (C=O) groups is 1. The lowest BCUT2D eigenvalue weighted by molar-refractivity contribution is -0.127. The van der Waals surface area contributed by atoms with E-state index in [9.17, 15) is 4.79 Å². The Morgan fingerprint density at radius 2 is 1.60 bits per heavy atom. The number of nitrogens with zero attached hydrogens (tertiary/aromatic N) is 1. The largest absolute Gasteiger partial charge is 0.497 e. The smallest absolute Gasteiger partial charge is 0.233 e. The molecule has 0 fully saturated rings. The Kier molecular flexibility index (Phi) is 5.49. The van der Waals surface area contributed by atoms with Crippen LogP contribution in [0.25, 0.3) is 0 Å². The highest BCUT2D eigenvalue weighted by Gasteiger charge is 2.39. The van der Waals surface area contributed by atoms with E-state index in [2.05, 4.69) is 6.07 Å². The van der Waals surface area contributed by atoms with E-state index in [4.69, 9.17) is 9.47 Å². The standard InChI is InChI=1S/C26H27NO3/c1-26(2)16-21-11-14-23(30-18-20-7-5-4-6-8-20)15-24(21)27(25(26)28)17-19-9-12-22(29-3)13-10-19/h4-15H,16-18H2,1-3H3. The Bertz CT molecular complexity index is 1030. The molecule has 1 heterocycles. The molecule has 0 aromatic heterocycles. The van der Waals surface area contributed by atoms with Gasteiger partial charge in [-0.1, -0.05) is 62.4 Å². The molecular weight excluding hydrogens is 374 g/mol. The first kappa shape index (κ1) is 20.0. The normalized spacial score (nSPS) is 14.9. The fourth-order valence-electron chi connectivity index (χ4n) is 3.87. The van der Waals surface area contributed by atoms with Crippen LogP contribution in [0.4, 0.5) is 5.69 Å². The number of anilines is 1. The third-order valence-electron chi connectivity index (χ3n) is 5.55. The van der Waals surface area contributed by atoms with Gasteiger partial charge in [-0.3, -0.25) is 4.79 Å². The average Bonchev–Trinajstić information content (AvgIpc) is 2.76. The van der Waals surface area contributed by atoms with Crippen LogP contribution in [0.5, 0.6) is 11.5 Å². The number of benzene rings is 3. The molecule has 4 heteroatoms. The van der Waals surface area contributed by atoms with Gasteiger partial charge in [-0.15, -0.1) is 0 Å². The second-order valence-electron chi connectivity index (χ2n) is 8.36. The summed E-state index contributed by atoms with van der Waals surface area (Å²) in [4.78, 5) is 15.2. The Morgan fingerprint density at radius 3 is 2.30 bits per heavy atom. The Balaban J connectivity index is 1.61. The summed E-state index contributed by atoms with van der Waals surface area (Å²) in [7, 11) is 1.65. The van der Waals surface area contributed by atoms with Crippen molar-refractivity contribution in [3.63, 3.8) is 0 Å². The number of amides is 1. The molecule has 0 radical (unpaired) electrons. The van der Waals surface area contributed by atoms with E-state index in [1.54, 1.807) is 7.11 Å². The summed E-state index contributed by atoms with van der Waals surface area (Å²) in [6, 6.07) is 24.0. The minimum atomic E-state index is -0.439. The van der Waals surface area contributed by atoms with Crippen LogP contribution in [0, 0.1) is 5.41 Å². The summed E-state index contributed by atoms with van der Waals surface area (Å²) in [6.45, 7) is 5.04. The second kappa shape index (κ2) is 8.23. The molecule has 4 rings (SSSR count). The maximum Gasteiger partial charge on any atom is 0.233 e. The van der Waals surface area contributed by atoms with Crippen LogP contribution < -0.4 is 14.4 Å². The highest BCUT2D eigenvalue weighted by atomic mass is 16.5. The van der Waals surface area contributed by atoms with Gasteiger partial charge in [0.1, 0.15) is 18.1 Å². The minimum Gasteiger partial charge on any atom is -0.497 e. The van der Waals surface area contributed by atoms with Crippen molar-refractivity contribution in [3.05, 3.63) is 89.5 Å². The summed E-state index contributed by atoms with van der Waals surface area (Å²) in [6.07, 6.45) is 0.721. The van der Waals surface area contributed by atoms with E-state index < -0.39 is 5.41 Å². The zero-order valence-electron chi connectivity index (χ0n) is 17.7. The van der Waals surface area contributed by atoms with Gasteiger partial charge < -0.3 is 14.4 Å². The Hall–Kier alpha value is -3.27. The lowest BCUT2D eigenvalue weighted by atomic mass is 9.80. The average molecular weight is 402 g/mol. The molecular formula is C26H27NO3. The molecule has 0 saturated carbocycles. The molecule has 0 bridgehead atoms. The van der Waals surface area contributed by atoms with Gasteiger partial charge in [0.2, 0.25) is 5.91 Å². The number of methoxy groups -OCH3 is 1. The topological polar surface area (TPSA) is 38.8 Å². The van der Waals surface area contributed by atoms with Gasteiger partial charge in [0.15, 0.2) is 0 Å². The van der Waals surface area contributed by atoms with Gasteiger partial charge in [0.25, 0.3) is 0 Å². The van der Waals surface area contributed by atoms with Crippen LogP contribution in [0.15, 0.2) is 72.8 Å². The molecule has 4 nitrogen and oxygen atoms in total. The molecule has 0 unspecified atom stereocenters. The predicted molar refractivity (Wildman–Crippen MR) is 119 cm³/mol. The molecule has 0 atom stereocenters. The van der Waals surface area contributed by atoms with E-state index in [0.29, 0.717) is 13.2 Å². The van der Waals surface area contributed by atoms with E-state index in [1.807, 2.05) is 85.5 Å². The van der Waals surface area contributed by atoms with Crippen molar-refractivity contribution in [2.45, 2.75) is 33.4 Å². The van der Waals surface area contributed by atoms with Gasteiger partial charge in [-0.2, -0.15) is 0 Å². The third kappa shape index (κ3) is 4.18. The van der Waals surface area contributed by atoms with Gasteiger partial charge in [-0.25, -0.2) is 0 Å². The predicted octanol–water partition coefficient (Wildman–Crippen LogP) is 5.39. The van der Waals surface area contributed by atoms with Crippen molar-refractivity contribution in [2.24, 2.45) is 5.41 Å². The van der Waals surface area contributed by atoms with E-state index in [-0.39, 0.29) is 5.91 Å². The lowest BCUT2D eigenvalue weighted by Crippen LogP contribution is -2.45. The molecule has 1 amide bonds. The van der Waals surface area contributed by atoms with Crippen molar-refractivity contribution >= 4 is 11.6 Å². The quantitative estimate of drug-likeness (QED) is 0.556. The zero-order valence-corrected chi connectivity index (χ0v) is 17.7. The number of hydrogen-bond donors (Lipinski definition) is 0. The van der Waals surface area contributed by atoms with Crippen LogP contribution in [0.3, 0.4) is 0 Å². The van der Waals surface area contributed by atoms with Crippen LogP contribution in [-0.4, -0.2) is 13.0 Å². The van der Waals surface area contributed by atoms with Crippen molar-refractivity contribution < 1.29 is 14.3 Å².